The molecule has 0 aliphatic carbocycles. The maximum absolute atomic E-state index is 12.2. The molecule has 20 heavy (non-hydrogen) atoms. The number of carbonyl (C=O) groups is 1. The van der Waals surface area contributed by atoms with Gasteiger partial charge in [-0.2, -0.15) is 0 Å². The van der Waals surface area contributed by atoms with E-state index in [0.29, 0.717) is 19.0 Å². The van der Waals surface area contributed by atoms with E-state index < -0.39 is 0 Å². The summed E-state index contributed by atoms with van der Waals surface area (Å²) < 4.78 is 2.42. The lowest BCUT2D eigenvalue weighted by atomic mass is 10.1. The third kappa shape index (κ3) is 3.93. The highest BCUT2D eigenvalue weighted by atomic mass is 79.9. The molecular formula is C14H20BrN3O2. The van der Waals surface area contributed by atoms with E-state index in [2.05, 4.69) is 21.2 Å². The van der Waals surface area contributed by atoms with Crippen molar-refractivity contribution in [2.45, 2.75) is 31.8 Å². The number of hydrogen-bond acceptors (Lipinski definition) is 3. The fourth-order valence-corrected chi connectivity index (χ4v) is 2.87. The van der Waals surface area contributed by atoms with Gasteiger partial charge in [-0.15, -0.1) is 0 Å². The van der Waals surface area contributed by atoms with Crippen LogP contribution in [0.3, 0.4) is 0 Å². The molecule has 0 aromatic carbocycles. The number of rotatable bonds is 4. The summed E-state index contributed by atoms with van der Waals surface area (Å²) in [5, 5.41) is 3.22. The minimum Gasteiger partial charge on any atom is -0.341 e. The predicted molar refractivity (Wildman–Crippen MR) is 81.7 cm³/mol. The molecular weight excluding hydrogens is 322 g/mol. The summed E-state index contributed by atoms with van der Waals surface area (Å²) in [5.74, 6) is 0.122. The van der Waals surface area contributed by atoms with Gasteiger partial charge in [-0.3, -0.25) is 9.59 Å². The number of amides is 1. The molecule has 5 nitrogen and oxygen atoms in total. The summed E-state index contributed by atoms with van der Waals surface area (Å²) in [4.78, 5) is 25.8. The lowest BCUT2D eigenvalue weighted by molar-refractivity contribution is -0.132. The van der Waals surface area contributed by atoms with Crippen LogP contribution in [-0.2, 0) is 11.3 Å². The van der Waals surface area contributed by atoms with Crippen molar-refractivity contribution in [2.24, 2.45) is 0 Å². The number of halogens is 1. The molecule has 0 saturated carbocycles. The standard InChI is InChI=1S/C14H20BrN3O2/c1-16-12-3-2-7-17(10-12)14(20)6-8-18-9-11(15)4-5-13(18)19/h4-5,9,12,16H,2-3,6-8,10H2,1H3/t12-/m1/s1. The highest BCUT2D eigenvalue weighted by molar-refractivity contribution is 9.10. The van der Waals surface area contributed by atoms with Gasteiger partial charge < -0.3 is 14.8 Å². The summed E-state index contributed by atoms with van der Waals surface area (Å²) in [6.45, 7) is 2.02. The van der Waals surface area contributed by atoms with Gasteiger partial charge in [0.05, 0.1) is 0 Å². The molecule has 1 aromatic rings. The van der Waals surface area contributed by atoms with Crippen molar-refractivity contribution in [3.63, 3.8) is 0 Å². The number of hydrogen-bond donors (Lipinski definition) is 1. The Morgan fingerprint density at radius 3 is 3.05 bits per heavy atom. The maximum Gasteiger partial charge on any atom is 0.250 e. The fourth-order valence-electron chi connectivity index (χ4n) is 2.49. The maximum atomic E-state index is 12.2. The van der Waals surface area contributed by atoms with Crippen LogP contribution in [0.5, 0.6) is 0 Å². The SMILES string of the molecule is CN[C@@H]1CCCN(C(=O)CCn2cc(Br)ccc2=O)C1. The van der Waals surface area contributed by atoms with E-state index in [0.717, 1.165) is 30.4 Å². The van der Waals surface area contributed by atoms with Crippen LogP contribution in [0.1, 0.15) is 19.3 Å². The predicted octanol–water partition coefficient (Wildman–Crippen LogP) is 1.21. The van der Waals surface area contributed by atoms with Crippen LogP contribution in [0, 0.1) is 0 Å². The number of aromatic nitrogens is 1. The van der Waals surface area contributed by atoms with E-state index in [1.165, 1.54) is 6.07 Å². The minimum absolute atomic E-state index is 0.0762. The van der Waals surface area contributed by atoms with Gasteiger partial charge >= 0.3 is 0 Å². The van der Waals surface area contributed by atoms with Crippen molar-refractivity contribution in [2.75, 3.05) is 20.1 Å². The van der Waals surface area contributed by atoms with Gasteiger partial charge in [0.2, 0.25) is 5.91 Å². The average molecular weight is 342 g/mol. The van der Waals surface area contributed by atoms with Crippen LogP contribution < -0.4 is 10.9 Å². The molecule has 1 saturated heterocycles. The van der Waals surface area contributed by atoms with Crippen LogP contribution in [0.4, 0.5) is 0 Å². The number of carbonyl (C=O) groups excluding carboxylic acids is 1. The first-order valence-corrected chi connectivity index (χ1v) is 7.70. The molecule has 0 bridgehead atoms. The van der Waals surface area contributed by atoms with E-state index >= 15 is 0 Å². The number of piperidine rings is 1. The lowest BCUT2D eigenvalue weighted by Gasteiger charge is -2.32. The van der Waals surface area contributed by atoms with Gasteiger partial charge in [0, 0.05) is 48.8 Å². The van der Waals surface area contributed by atoms with E-state index in [1.54, 1.807) is 16.8 Å². The van der Waals surface area contributed by atoms with Crippen LogP contribution in [0.2, 0.25) is 0 Å². The van der Waals surface area contributed by atoms with Crippen molar-refractivity contribution >= 4 is 21.8 Å². The molecule has 1 aliphatic heterocycles. The van der Waals surface area contributed by atoms with Crippen LogP contribution >= 0.6 is 15.9 Å². The van der Waals surface area contributed by atoms with Crippen LogP contribution in [0.15, 0.2) is 27.6 Å². The molecule has 1 atom stereocenters. The summed E-state index contributed by atoms with van der Waals surface area (Å²) in [6.07, 6.45) is 4.24. The normalized spacial score (nSPS) is 19.1. The summed E-state index contributed by atoms with van der Waals surface area (Å²) in [6, 6.07) is 3.61. The minimum atomic E-state index is -0.0762. The Morgan fingerprint density at radius 1 is 1.50 bits per heavy atom. The van der Waals surface area contributed by atoms with E-state index in [4.69, 9.17) is 0 Å². The third-order valence-electron chi connectivity index (χ3n) is 3.70. The van der Waals surface area contributed by atoms with Gasteiger partial charge in [0.1, 0.15) is 0 Å². The summed E-state index contributed by atoms with van der Waals surface area (Å²) in [7, 11) is 1.93. The first-order valence-electron chi connectivity index (χ1n) is 6.91. The summed E-state index contributed by atoms with van der Waals surface area (Å²) in [5.41, 5.74) is -0.0762. The van der Waals surface area contributed by atoms with Crippen molar-refractivity contribution in [3.8, 4) is 0 Å². The number of likely N-dealkylation sites (N-methyl/N-ethyl adjacent to an activating group) is 1. The second-order valence-corrected chi connectivity index (χ2v) is 6.01. The van der Waals surface area contributed by atoms with Gasteiger partial charge in [-0.05, 0) is 41.9 Å². The zero-order valence-electron chi connectivity index (χ0n) is 11.6. The highest BCUT2D eigenvalue weighted by Gasteiger charge is 2.22. The summed E-state index contributed by atoms with van der Waals surface area (Å²) >= 11 is 3.33. The van der Waals surface area contributed by atoms with E-state index in [1.807, 2.05) is 11.9 Å². The molecule has 0 unspecified atom stereocenters. The molecule has 1 aromatic heterocycles. The average Bonchev–Trinajstić information content (AvgIpc) is 2.48. The number of nitrogens with zero attached hydrogens (tertiary/aromatic N) is 2. The topological polar surface area (TPSA) is 54.3 Å². The second kappa shape index (κ2) is 7.04. The molecule has 2 rings (SSSR count). The van der Waals surface area contributed by atoms with Crippen molar-refractivity contribution < 1.29 is 4.79 Å². The number of likely N-dealkylation sites (tertiary alicyclic amines) is 1. The molecule has 1 aliphatic rings. The zero-order chi connectivity index (χ0) is 14.5. The molecule has 1 fully saturated rings. The molecule has 0 radical (unpaired) electrons. The molecule has 1 amide bonds. The largest absolute Gasteiger partial charge is 0.341 e. The smallest absolute Gasteiger partial charge is 0.250 e. The molecule has 0 spiro atoms. The van der Waals surface area contributed by atoms with Crippen molar-refractivity contribution in [1.82, 2.24) is 14.8 Å². The number of nitrogens with one attached hydrogen (secondary N) is 1. The number of pyridine rings is 1. The van der Waals surface area contributed by atoms with Gasteiger partial charge in [-0.25, -0.2) is 0 Å². The third-order valence-corrected chi connectivity index (χ3v) is 4.17. The Kier molecular flexibility index (Phi) is 5.37. The lowest BCUT2D eigenvalue weighted by Crippen LogP contribution is -2.47. The Hall–Kier alpha value is -1.14. The van der Waals surface area contributed by atoms with Crippen LogP contribution in [0.25, 0.3) is 0 Å². The molecule has 110 valence electrons. The van der Waals surface area contributed by atoms with Gasteiger partial charge in [0.15, 0.2) is 0 Å². The van der Waals surface area contributed by atoms with Crippen molar-refractivity contribution in [3.05, 3.63) is 33.2 Å². The van der Waals surface area contributed by atoms with Crippen molar-refractivity contribution in [1.29, 1.82) is 0 Å². The van der Waals surface area contributed by atoms with E-state index in [9.17, 15) is 9.59 Å². The van der Waals surface area contributed by atoms with Gasteiger partial charge in [-0.1, -0.05) is 0 Å². The van der Waals surface area contributed by atoms with E-state index in [-0.39, 0.29) is 11.5 Å². The monoisotopic (exact) mass is 341 g/mol. The first kappa shape index (κ1) is 15.3. The Morgan fingerprint density at radius 2 is 2.30 bits per heavy atom. The Bertz CT molecular complexity index is 529. The fraction of sp³-hybridized carbons (Fsp3) is 0.571. The second-order valence-electron chi connectivity index (χ2n) is 5.10. The zero-order valence-corrected chi connectivity index (χ0v) is 13.2. The van der Waals surface area contributed by atoms with Crippen LogP contribution in [-0.4, -0.2) is 41.6 Å². The highest BCUT2D eigenvalue weighted by Crippen LogP contribution is 2.11. The molecule has 2 heterocycles. The molecule has 1 N–H and O–H groups in total. The molecule has 6 heteroatoms. The number of aryl methyl sites for hydroxylation is 1. The first-order chi connectivity index (χ1) is 9.60. The quantitative estimate of drug-likeness (QED) is 0.895. The Labute approximate surface area is 127 Å². The Balaban J connectivity index is 1.91. The van der Waals surface area contributed by atoms with Gasteiger partial charge in [0.25, 0.3) is 5.56 Å².